The van der Waals surface area contributed by atoms with E-state index in [2.05, 4.69) is 39.6 Å². The molecule has 0 aliphatic heterocycles. The third-order valence-corrected chi connectivity index (χ3v) is 5.55. The van der Waals surface area contributed by atoms with Gasteiger partial charge in [0.05, 0.1) is 5.52 Å². The number of para-hydroxylation sites is 2. The number of nitrogens with zero attached hydrogens (tertiary/aromatic N) is 2. The zero-order chi connectivity index (χ0) is 27.3. The molecule has 1 amide bonds. The molecule has 0 fully saturated rings. The Morgan fingerprint density at radius 1 is 0.895 bits per heavy atom. The fourth-order valence-corrected chi connectivity index (χ4v) is 3.89. The Morgan fingerprint density at radius 3 is 2.26 bits per heavy atom. The molecule has 38 heavy (non-hydrogen) atoms. The smallest absolute Gasteiger partial charge is 0.444 e. The molecule has 0 aliphatic rings. The van der Waals surface area contributed by atoms with E-state index in [0.717, 1.165) is 32.9 Å². The van der Waals surface area contributed by atoms with Crippen molar-refractivity contribution in [3.63, 3.8) is 0 Å². The van der Waals surface area contributed by atoms with Gasteiger partial charge in [-0.1, -0.05) is 66.7 Å². The average Bonchev–Trinajstić information content (AvgIpc) is 2.88. The SMILES string of the molecule is CC(C)(C)OC(=O)Nc1ccccc1B(O)O.Nc1nc2ccccc2c2cc(-c3ccccc3)cnc12. The van der Waals surface area contributed by atoms with E-state index in [1.807, 2.05) is 42.6 Å². The molecule has 0 bridgehead atoms. The number of ether oxygens (including phenoxy) is 1. The van der Waals surface area contributed by atoms with Gasteiger partial charge in [0.15, 0.2) is 5.82 Å². The van der Waals surface area contributed by atoms with E-state index in [4.69, 9.17) is 20.5 Å². The normalized spacial score (nSPS) is 11.0. The molecule has 3 aromatic carbocycles. The molecule has 5 rings (SSSR count). The van der Waals surface area contributed by atoms with E-state index in [9.17, 15) is 4.79 Å². The zero-order valence-corrected chi connectivity index (χ0v) is 21.4. The van der Waals surface area contributed by atoms with Crippen molar-refractivity contribution >= 4 is 52.0 Å². The van der Waals surface area contributed by atoms with Gasteiger partial charge in [0.25, 0.3) is 0 Å². The van der Waals surface area contributed by atoms with Gasteiger partial charge in [-0.3, -0.25) is 10.3 Å². The lowest BCUT2D eigenvalue weighted by molar-refractivity contribution is 0.0636. The molecule has 0 atom stereocenters. The first-order valence-corrected chi connectivity index (χ1v) is 12.1. The first-order chi connectivity index (χ1) is 18.1. The van der Waals surface area contributed by atoms with Crippen LogP contribution in [0.1, 0.15) is 20.8 Å². The maximum atomic E-state index is 11.5. The highest BCUT2D eigenvalue weighted by molar-refractivity contribution is 6.60. The molecule has 0 saturated carbocycles. The van der Waals surface area contributed by atoms with Crippen LogP contribution in [0.15, 0.2) is 91.1 Å². The highest BCUT2D eigenvalue weighted by atomic mass is 16.6. The number of carbonyl (C=O) groups excluding carboxylic acids is 1. The van der Waals surface area contributed by atoms with E-state index < -0.39 is 18.8 Å². The maximum absolute atomic E-state index is 11.5. The second-order valence-corrected chi connectivity index (χ2v) is 9.59. The standard InChI is InChI=1S/C18H13N3.C11H16BNO4/c19-18-17-15(14-8-4-5-9-16(14)21-18)10-13(11-20-17)12-6-2-1-3-7-12;1-11(2,3)17-10(14)13-9-7-5-4-6-8(9)12(15)16/h1-11H,(H2,19,21);4-7,15-16H,1-3H3,(H,13,14). The largest absolute Gasteiger partial charge is 0.490 e. The average molecular weight is 508 g/mol. The number of aromatic nitrogens is 2. The monoisotopic (exact) mass is 508 g/mol. The van der Waals surface area contributed by atoms with Gasteiger partial charge in [-0.05, 0) is 44.5 Å². The topological polar surface area (TPSA) is 131 Å². The summed E-state index contributed by atoms with van der Waals surface area (Å²) < 4.78 is 5.06. The van der Waals surface area contributed by atoms with Crippen molar-refractivity contribution in [3.05, 3.63) is 91.1 Å². The Labute approximate surface area is 221 Å². The minimum Gasteiger partial charge on any atom is -0.444 e. The van der Waals surface area contributed by atoms with Gasteiger partial charge in [0.2, 0.25) is 0 Å². The summed E-state index contributed by atoms with van der Waals surface area (Å²) in [6.45, 7) is 5.25. The Hall–Kier alpha value is -4.47. The van der Waals surface area contributed by atoms with Crippen LogP contribution in [0.2, 0.25) is 0 Å². The Bertz CT molecular complexity index is 1570. The van der Waals surface area contributed by atoms with Crippen LogP contribution < -0.4 is 16.5 Å². The number of hydrogen-bond donors (Lipinski definition) is 4. The van der Waals surface area contributed by atoms with Crippen molar-refractivity contribution in [3.8, 4) is 11.1 Å². The van der Waals surface area contributed by atoms with Gasteiger partial charge in [-0.15, -0.1) is 0 Å². The van der Waals surface area contributed by atoms with Crippen LogP contribution in [0.25, 0.3) is 32.9 Å². The molecule has 0 radical (unpaired) electrons. The van der Waals surface area contributed by atoms with Crippen molar-refractivity contribution in [1.82, 2.24) is 9.97 Å². The fraction of sp³-hybridized carbons (Fsp3) is 0.138. The van der Waals surface area contributed by atoms with Crippen molar-refractivity contribution < 1.29 is 19.6 Å². The van der Waals surface area contributed by atoms with E-state index >= 15 is 0 Å². The van der Waals surface area contributed by atoms with Crippen LogP contribution in [0.4, 0.5) is 16.3 Å². The molecular weight excluding hydrogens is 479 g/mol. The lowest BCUT2D eigenvalue weighted by atomic mass is 9.79. The third kappa shape index (κ3) is 6.45. The summed E-state index contributed by atoms with van der Waals surface area (Å²) in [4.78, 5) is 20.4. The zero-order valence-electron chi connectivity index (χ0n) is 21.4. The molecule has 2 heterocycles. The predicted octanol–water partition coefficient (Wildman–Crippen LogP) is 4.75. The van der Waals surface area contributed by atoms with Crippen LogP contribution >= 0.6 is 0 Å². The summed E-state index contributed by atoms with van der Waals surface area (Å²) in [6, 6.07) is 26.8. The van der Waals surface area contributed by atoms with Gasteiger partial charge < -0.3 is 20.5 Å². The molecule has 2 aromatic heterocycles. The highest BCUT2D eigenvalue weighted by Crippen LogP contribution is 2.30. The van der Waals surface area contributed by atoms with Gasteiger partial charge in [-0.2, -0.15) is 0 Å². The van der Waals surface area contributed by atoms with Crippen LogP contribution in [-0.2, 0) is 4.74 Å². The number of fused-ring (bicyclic) bond motifs is 3. The number of anilines is 2. The highest BCUT2D eigenvalue weighted by Gasteiger charge is 2.20. The van der Waals surface area contributed by atoms with Crippen molar-refractivity contribution in [2.75, 3.05) is 11.1 Å². The molecule has 0 unspecified atom stereocenters. The van der Waals surface area contributed by atoms with Crippen LogP contribution in [0, 0.1) is 0 Å². The Balaban J connectivity index is 0.000000182. The lowest BCUT2D eigenvalue weighted by Gasteiger charge is -2.20. The van der Waals surface area contributed by atoms with Gasteiger partial charge in [-0.25, -0.2) is 9.78 Å². The quantitative estimate of drug-likeness (QED) is 0.204. The number of nitrogens with one attached hydrogen (secondary N) is 1. The number of carbonyl (C=O) groups is 1. The number of nitrogens with two attached hydrogens (primary N) is 1. The van der Waals surface area contributed by atoms with E-state index in [1.54, 1.807) is 39.0 Å². The van der Waals surface area contributed by atoms with Gasteiger partial charge in [0.1, 0.15) is 11.1 Å². The molecule has 9 heteroatoms. The third-order valence-electron chi connectivity index (χ3n) is 5.55. The van der Waals surface area contributed by atoms with E-state index in [0.29, 0.717) is 11.5 Å². The van der Waals surface area contributed by atoms with Crippen LogP contribution in [-0.4, -0.2) is 38.8 Å². The first kappa shape index (κ1) is 26.6. The summed E-state index contributed by atoms with van der Waals surface area (Å²) in [7, 11) is -1.64. The van der Waals surface area contributed by atoms with Crippen molar-refractivity contribution in [1.29, 1.82) is 0 Å². The predicted molar refractivity (Wildman–Crippen MR) is 153 cm³/mol. The molecule has 0 spiro atoms. The molecule has 0 aliphatic carbocycles. The first-order valence-electron chi connectivity index (χ1n) is 12.1. The summed E-state index contributed by atoms with van der Waals surface area (Å²) in [5.41, 5.74) is 9.86. The minimum absolute atomic E-state index is 0.221. The molecule has 5 aromatic rings. The number of nitrogen functional groups attached to an aromatic ring is 1. The molecule has 8 nitrogen and oxygen atoms in total. The Morgan fingerprint density at radius 2 is 1.55 bits per heavy atom. The minimum atomic E-state index is -1.64. The van der Waals surface area contributed by atoms with Gasteiger partial charge in [0, 0.05) is 33.7 Å². The second-order valence-electron chi connectivity index (χ2n) is 9.59. The summed E-state index contributed by atoms with van der Waals surface area (Å²) in [6.07, 6.45) is 1.22. The lowest BCUT2D eigenvalue weighted by Crippen LogP contribution is -2.35. The summed E-state index contributed by atoms with van der Waals surface area (Å²) >= 11 is 0. The summed E-state index contributed by atoms with van der Waals surface area (Å²) in [5, 5.41) is 22.8. The maximum Gasteiger partial charge on any atom is 0.490 e. The van der Waals surface area contributed by atoms with E-state index in [-0.39, 0.29) is 5.46 Å². The number of pyridine rings is 2. The number of hydrogen-bond acceptors (Lipinski definition) is 7. The fourth-order valence-electron chi connectivity index (χ4n) is 3.89. The number of rotatable bonds is 3. The van der Waals surface area contributed by atoms with E-state index in [1.165, 1.54) is 6.07 Å². The Kier molecular flexibility index (Phi) is 7.90. The van der Waals surface area contributed by atoms with Crippen molar-refractivity contribution in [2.24, 2.45) is 0 Å². The summed E-state index contributed by atoms with van der Waals surface area (Å²) in [5.74, 6) is 0.475. The van der Waals surface area contributed by atoms with Crippen molar-refractivity contribution in [2.45, 2.75) is 26.4 Å². The molecule has 192 valence electrons. The number of benzene rings is 3. The molecule has 0 saturated heterocycles. The second kappa shape index (κ2) is 11.3. The van der Waals surface area contributed by atoms with Gasteiger partial charge >= 0.3 is 13.2 Å². The van der Waals surface area contributed by atoms with Crippen LogP contribution in [0.5, 0.6) is 0 Å². The van der Waals surface area contributed by atoms with Crippen LogP contribution in [0.3, 0.4) is 0 Å². The molecule has 5 N–H and O–H groups in total. The molecular formula is C29H29BN4O4. The number of amides is 1.